The molecule has 0 spiro atoms. The lowest BCUT2D eigenvalue weighted by Crippen LogP contribution is -2.35. The van der Waals surface area contributed by atoms with Gasteiger partial charge in [0.2, 0.25) is 5.91 Å². The van der Waals surface area contributed by atoms with E-state index in [0.29, 0.717) is 12.5 Å². The lowest BCUT2D eigenvalue weighted by molar-refractivity contribution is -0.134. The first-order chi connectivity index (χ1) is 10.2. The second kappa shape index (κ2) is 6.06. The van der Waals surface area contributed by atoms with E-state index in [2.05, 4.69) is 6.07 Å². The van der Waals surface area contributed by atoms with E-state index in [0.717, 1.165) is 25.1 Å². The van der Waals surface area contributed by atoms with Gasteiger partial charge in [-0.2, -0.15) is 0 Å². The van der Waals surface area contributed by atoms with E-state index in [1.807, 2.05) is 23.1 Å². The molecule has 0 bridgehead atoms. The molecule has 1 heterocycles. The van der Waals surface area contributed by atoms with Crippen molar-refractivity contribution in [3.63, 3.8) is 0 Å². The minimum absolute atomic E-state index is 0.0162. The highest BCUT2D eigenvalue weighted by molar-refractivity contribution is 5.79. The van der Waals surface area contributed by atoms with Crippen LogP contribution in [-0.4, -0.2) is 37.0 Å². The lowest BCUT2D eigenvalue weighted by Gasteiger charge is -2.20. The van der Waals surface area contributed by atoms with Crippen LogP contribution >= 0.6 is 0 Å². The van der Waals surface area contributed by atoms with Gasteiger partial charge in [-0.3, -0.25) is 4.79 Å². The molecule has 2 aliphatic rings. The van der Waals surface area contributed by atoms with Crippen LogP contribution in [0.1, 0.15) is 37.2 Å². The summed E-state index contributed by atoms with van der Waals surface area (Å²) in [6.07, 6.45) is 4.48. The quantitative estimate of drug-likeness (QED) is 0.927. The van der Waals surface area contributed by atoms with Crippen molar-refractivity contribution >= 4 is 5.91 Å². The van der Waals surface area contributed by atoms with Crippen LogP contribution in [-0.2, 0) is 4.79 Å². The Labute approximate surface area is 126 Å². The number of carbonyl (C=O) groups is 1. The summed E-state index contributed by atoms with van der Waals surface area (Å²) in [5.74, 6) is 1.61. The summed E-state index contributed by atoms with van der Waals surface area (Å²) >= 11 is 0. The van der Waals surface area contributed by atoms with Gasteiger partial charge in [-0.05, 0) is 30.5 Å². The third-order valence-electron chi connectivity index (χ3n) is 4.90. The van der Waals surface area contributed by atoms with Gasteiger partial charge in [-0.25, -0.2) is 0 Å². The largest absolute Gasteiger partial charge is 0.497 e. The number of likely N-dealkylation sites (tertiary alicyclic amines) is 1. The lowest BCUT2D eigenvalue weighted by atomic mass is 9.95. The fraction of sp³-hybridized carbons (Fsp3) is 0.588. The topological polar surface area (TPSA) is 55.6 Å². The normalized spacial score (nSPS) is 26.3. The van der Waals surface area contributed by atoms with Crippen molar-refractivity contribution < 1.29 is 9.53 Å². The van der Waals surface area contributed by atoms with Crippen LogP contribution in [0.5, 0.6) is 5.75 Å². The summed E-state index contributed by atoms with van der Waals surface area (Å²) in [5.41, 5.74) is 7.46. The molecule has 21 heavy (non-hydrogen) atoms. The van der Waals surface area contributed by atoms with Gasteiger partial charge in [-0.1, -0.05) is 25.0 Å². The molecule has 2 fully saturated rings. The smallest absolute Gasteiger partial charge is 0.225 e. The molecule has 4 nitrogen and oxygen atoms in total. The van der Waals surface area contributed by atoms with Gasteiger partial charge >= 0.3 is 0 Å². The molecule has 0 aromatic heterocycles. The molecular formula is C17H24N2O2. The third-order valence-corrected chi connectivity index (χ3v) is 4.90. The number of amides is 1. The summed E-state index contributed by atoms with van der Waals surface area (Å²) in [5, 5.41) is 0. The number of methoxy groups -OCH3 is 1. The molecule has 2 atom stereocenters. The van der Waals surface area contributed by atoms with Crippen LogP contribution in [0.3, 0.4) is 0 Å². The van der Waals surface area contributed by atoms with Gasteiger partial charge in [-0.15, -0.1) is 0 Å². The van der Waals surface area contributed by atoms with Gasteiger partial charge in [0.25, 0.3) is 0 Å². The summed E-state index contributed by atoms with van der Waals surface area (Å²) in [7, 11) is 1.67. The minimum Gasteiger partial charge on any atom is -0.497 e. The minimum atomic E-state index is 0.0162. The Morgan fingerprint density at radius 3 is 2.76 bits per heavy atom. The molecule has 0 unspecified atom stereocenters. The monoisotopic (exact) mass is 288 g/mol. The van der Waals surface area contributed by atoms with E-state index in [-0.39, 0.29) is 17.9 Å². The molecule has 1 aliphatic heterocycles. The van der Waals surface area contributed by atoms with Gasteiger partial charge in [0.1, 0.15) is 5.75 Å². The van der Waals surface area contributed by atoms with Crippen molar-refractivity contribution in [2.24, 2.45) is 11.7 Å². The second-order valence-electron chi connectivity index (χ2n) is 6.27. The zero-order valence-electron chi connectivity index (χ0n) is 12.6. The van der Waals surface area contributed by atoms with Crippen molar-refractivity contribution in [1.82, 2.24) is 4.90 Å². The highest BCUT2D eigenvalue weighted by Crippen LogP contribution is 2.32. The fourth-order valence-corrected chi connectivity index (χ4v) is 3.66. The summed E-state index contributed by atoms with van der Waals surface area (Å²) in [4.78, 5) is 14.5. The van der Waals surface area contributed by atoms with Crippen LogP contribution in [0.25, 0.3) is 0 Å². The van der Waals surface area contributed by atoms with Crippen LogP contribution in [0.4, 0.5) is 0 Å². The maximum atomic E-state index is 12.5. The molecular weight excluding hydrogens is 264 g/mol. The number of hydrogen-bond donors (Lipinski definition) is 1. The Bertz CT molecular complexity index is 511. The Balaban J connectivity index is 1.71. The number of ether oxygens (including phenoxy) is 1. The fourth-order valence-electron chi connectivity index (χ4n) is 3.66. The average Bonchev–Trinajstić information content (AvgIpc) is 3.16. The highest BCUT2D eigenvalue weighted by Gasteiger charge is 2.37. The first-order valence-electron chi connectivity index (χ1n) is 7.87. The van der Waals surface area contributed by atoms with E-state index < -0.39 is 0 Å². The van der Waals surface area contributed by atoms with E-state index in [1.54, 1.807) is 7.11 Å². The number of nitrogens with zero attached hydrogens (tertiary/aromatic N) is 1. The Kier molecular flexibility index (Phi) is 4.15. The summed E-state index contributed by atoms with van der Waals surface area (Å²) < 4.78 is 5.28. The zero-order valence-corrected chi connectivity index (χ0v) is 12.6. The highest BCUT2D eigenvalue weighted by atomic mass is 16.5. The molecule has 4 heteroatoms. The van der Waals surface area contributed by atoms with E-state index in [9.17, 15) is 4.79 Å². The maximum absolute atomic E-state index is 12.5. The number of nitrogens with two attached hydrogens (primary N) is 1. The van der Waals surface area contributed by atoms with Gasteiger partial charge < -0.3 is 15.4 Å². The SMILES string of the molecule is COc1cccc([C@@H]2CN(C(=O)C3CCCC3)C[C@H]2N)c1. The van der Waals surface area contributed by atoms with Crippen LogP contribution in [0, 0.1) is 5.92 Å². The average molecular weight is 288 g/mol. The Morgan fingerprint density at radius 2 is 2.05 bits per heavy atom. The van der Waals surface area contributed by atoms with Crippen molar-refractivity contribution in [2.75, 3.05) is 20.2 Å². The van der Waals surface area contributed by atoms with Crippen LogP contribution < -0.4 is 10.5 Å². The molecule has 114 valence electrons. The predicted octanol–water partition coefficient (Wildman–Crippen LogP) is 2.14. The molecule has 1 amide bonds. The van der Waals surface area contributed by atoms with E-state index in [1.165, 1.54) is 18.4 Å². The first-order valence-corrected chi connectivity index (χ1v) is 7.87. The van der Waals surface area contributed by atoms with E-state index in [4.69, 9.17) is 10.5 Å². The number of carbonyl (C=O) groups excluding carboxylic acids is 1. The zero-order chi connectivity index (χ0) is 14.8. The molecule has 2 N–H and O–H groups in total. The molecule has 3 rings (SSSR count). The molecule has 1 saturated carbocycles. The standard InChI is InChI=1S/C17H24N2O2/c1-21-14-8-4-7-13(9-14)15-10-19(11-16(15)18)17(20)12-5-2-3-6-12/h4,7-9,12,15-16H,2-3,5-6,10-11,18H2,1H3/t15-,16+/m0/s1. The number of benzene rings is 1. The van der Waals surface area contributed by atoms with Crippen molar-refractivity contribution in [3.8, 4) is 5.75 Å². The van der Waals surface area contributed by atoms with Crippen molar-refractivity contribution in [3.05, 3.63) is 29.8 Å². The number of rotatable bonds is 3. The molecule has 1 aliphatic carbocycles. The van der Waals surface area contributed by atoms with E-state index >= 15 is 0 Å². The summed E-state index contributed by atoms with van der Waals surface area (Å²) in [6, 6.07) is 8.06. The van der Waals surface area contributed by atoms with Crippen molar-refractivity contribution in [1.29, 1.82) is 0 Å². The molecule has 1 saturated heterocycles. The molecule has 0 radical (unpaired) electrons. The van der Waals surface area contributed by atoms with Crippen LogP contribution in [0.15, 0.2) is 24.3 Å². The molecule has 1 aromatic rings. The predicted molar refractivity (Wildman–Crippen MR) is 82.2 cm³/mol. The van der Waals surface area contributed by atoms with Crippen molar-refractivity contribution in [2.45, 2.75) is 37.6 Å². The number of hydrogen-bond acceptors (Lipinski definition) is 3. The first kappa shape index (κ1) is 14.4. The molecule has 1 aromatic carbocycles. The Hall–Kier alpha value is -1.55. The Morgan fingerprint density at radius 1 is 1.29 bits per heavy atom. The van der Waals surface area contributed by atoms with Gasteiger partial charge in [0.05, 0.1) is 7.11 Å². The third kappa shape index (κ3) is 2.91. The van der Waals surface area contributed by atoms with Crippen LogP contribution in [0.2, 0.25) is 0 Å². The van der Waals surface area contributed by atoms with Gasteiger partial charge in [0.15, 0.2) is 0 Å². The second-order valence-corrected chi connectivity index (χ2v) is 6.27. The maximum Gasteiger partial charge on any atom is 0.225 e. The van der Waals surface area contributed by atoms with Gasteiger partial charge in [0, 0.05) is 31.0 Å². The summed E-state index contributed by atoms with van der Waals surface area (Å²) in [6.45, 7) is 1.42.